The van der Waals surface area contributed by atoms with Crippen molar-refractivity contribution in [2.24, 2.45) is 11.8 Å². The van der Waals surface area contributed by atoms with E-state index >= 15 is 0 Å². The number of amides is 1. The summed E-state index contributed by atoms with van der Waals surface area (Å²) < 4.78 is 11.7. The Hall–Kier alpha value is -2.01. The molecule has 1 aromatic carbocycles. The van der Waals surface area contributed by atoms with Gasteiger partial charge in [-0.15, -0.1) is 0 Å². The first-order valence-corrected chi connectivity index (χ1v) is 10.8. The summed E-state index contributed by atoms with van der Waals surface area (Å²) in [6, 6.07) is 6.80. The maximum atomic E-state index is 12.0. The van der Waals surface area contributed by atoms with Crippen LogP contribution in [0.25, 0.3) is 0 Å². The van der Waals surface area contributed by atoms with E-state index in [-0.39, 0.29) is 0 Å². The van der Waals surface area contributed by atoms with E-state index in [0.29, 0.717) is 37.0 Å². The number of nitrogens with zero attached hydrogens (tertiary/aromatic N) is 2. The summed E-state index contributed by atoms with van der Waals surface area (Å²) in [5.41, 5.74) is 2.47. The average Bonchev–Trinajstić information content (AvgIpc) is 3.06. The number of fused-ring (bicyclic) bond motifs is 1. The SMILES string of the molecule is CCOc1cc(CN(C)[C@@H]2C[C@@H]3CC(=O)N(C)C[C@@H]3C2)ccc1OCC=C(C)C. The van der Waals surface area contributed by atoms with Gasteiger partial charge in [0.05, 0.1) is 6.61 Å². The fraction of sp³-hybridized carbons (Fsp3) is 0.625. The zero-order chi connectivity index (χ0) is 21.0. The highest BCUT2D eigenvalue weighted by Gasteiger charge is 2.41. The smallest absolute Gasteiger partial charge is 0.222 e. The molecule has 2 aliphatic rings. The normalized spacial score (nSPS) is 23.9. The monoisotopic (exact) mass is 400 g/mol. The van der Waals surface area contributed by atoms with E-state index in [1.54, 1.807) is 0 Å². The highest BCUT2D eigenvalue weighted by atomic mass is 16.5. The summed E-state index contributed by atoms with van der Waals surface area (Å²) >= 11 is 0. The fourth-order valence-electron chi connectivity index (χ4n) is 4.60. The van der Waals surface area contributed by atoms with Crippen LogP contribution >= 0.6 is 0 Å². The Bertz CT molecular complexity index is 742. The molecule has 1 aromatic rings. The summed E-state index contributed by atoms with van der Waals surface area (Å²) in [5, 5.41) is 0. The Morgan fingerprint density at radius 2 is 1.97 bits per heavy atom. The first-order valence-electron chi connectivity index (χ1n) is 10.8. The van der Waals surface area contributed by atoms with Crippen molar-refractivity contribution >= 4 is 5.91 Å². The second-order valence-electron chi connectivity index (χ2n) is 8.85. The average molecular weight is 401 g/mol. The number of hydrogen-bond donors (Lipinski definition) is 0. The molecule has 1 heterocycles. The molecule has 5 nitrogen and oxygen atoms in total. The molecule has 1 amide bonds. The van der Waals surface area contributed by atoms with Crippen LogP contribution in [0, 0.1) is 11.8 Å². The molecular weight excluding hydrogens is 364 g/mol. The molecule has 3 rings (SSSR count). The molecule has 29 heavy (non-hydrogen) atoms. The number of piperidine rings is 1. The van der Waals surface area contributed by atoms with Gasteiger partial charge in [0.2, 0.25) is 5.91 Å². The lowest BCUT2D eigenvalue weighted by molar-refractivity contribution is -0.134. The van der Waals surface area contributed by atoms with Gasteiger partial charge in [0.25, 0.3) is 0 Å². The van der Waals surface area contributed by atoms with Gasteiger partial charge in [-0.1, -0.05) is 11.6 Å². The number of likely N-dealkylation sites (tertiary alicyclic amines) is 1. The van der Waals surface area contributed by atoms with Crippen LogP contribution in [0.15, 0.2) is 29.8 Å². The Kier molecular flexibility index (Phi) is 7.23. The van der Waals surface area contributed by atoms with Gasteiger partial charge >= 0.3 is 0 Å². The standard InChI is InChI=1S/C24H36N2O3/c1-6-28-23-11-18(7-8-22(23)29-10-9-17(2)3)15-25(4)21-12-19-14-24(27)26(5)16-20(19)13-21/h7-9,11,19-21H,6,10,12-16H2,1-5H3/t19-,20+,21-/m1/s1. The Morgan fingerprint density at radius 1 is 1.21 bits per heavy atom. The Labute approximate surface area is 175 Å². The third-order valence-electron chi connectivity index (χ3n) is 6.28. The van der Waals surface area contributed by atoms with Crippen molar-refractivity contribution in [1.82, 2.24) is 9.80 Å². The fourth-order valence-corrected chi connectivity index (χ4v) is 4.60. The summed E-state index contributed by atoms with van der Waals surface area (Å²) in [6.07, 6.45) is 5.10. The minimum absolute atomic E-state index is 0.305. The molecule has 3 atom stereocenters. The van der Waals surface area contributed by atoms with Crippen molar-refractivity contribution in [2.75, 3.05) is 33.9 Å². The number of benzene rings is 1. The molecule has 0 N–H and O–H groups in total. The summed E-state index contributed by atoms with van der Waals surface area (Å²) in [4.78, 5) is 16.4. The topological polar surface area (TPSA) is 42.0 Å². The number of rotatable bonds is 8. The maximum absolute atomic E-state index is 12.0. The quantitative estimate of drug-likeness (QED) is 0.616. The molecule has 160 valence electrons. The molecule has 0 bridgehead atoms. The predicted molar refractivity (Wildman–Crippen MR) is 116 cm³/mol. The molecule has 0 unspecified atom stereocenters. The van der Waals surface area contributed by atoms with E-state index in [1.165, 1.54) is 17.6 Å². The minimum atomic E-state index is 0.305. The molecule has 0 aromatic heterocycles. The molecular formula is C24H36N2O3. The minimum Gasteiger partial charge on any atom is -0.490 e. The zero-order valence-corrected chi connectivity index (χ0v) is 18.6. The van der Waals surface area contributed by atoms with Crippen LogP contribution in [0.3, 0.4) is 0 Å². The molecule has 1 aliphatic carbocycles. The first-order chi connectivity index (χ1) is 13.9. The molecule has 0 spiro atoms. The molecule has 1 aliphatic heterocycles. The molecule has 2 fully saturated rings. The summed E-state index contributed by atoms with van der Waals surface area (Å²) in [6.45, 7) is 9.10. The lowest BCUT2D eigenvalue weighted by Crippen LogP contribution is -2.39. The third kappa shape index (κ3) is 5.53. The molecule has 1 saturated heterocycles. The largest absolute Gasteiger partial charge is 0.490 e. The van der Waals surface area contributed by atoms with Gasteiger partial charge in [-0.2, -0.15) is 0 Å². The summed E-state index contributed by atoms with van der Waals surface area (Å²) in [5.74, 6) is 3.11. The van der Waals surface area contributed by atoms with E-state index < -0.39 is 0 Å². The van der Waals surface area contributed by atoms with Crippen molar-refractivity contribution in [1.29, 1.82) is 0 Å². The second kappa shape index (κ2) is 9.66. The first kappa shape index (κ1) is 21.7. The van der Waals surface area contributed by atoms with Crippen LogP contribution in [0.4, 0.5) is 0 Å². The van der Waals surface area contributed by atoms with Gasteiger partial charge in [0, 0.05) is 32.6 Å². The molecule has 1 saturated carbocycles. The van der Waals surface area contributed by atoms with Crippen molar-refractivity contribution in [3.8, 4) is 11.5 Å². The predicted octanol–water partition coefficient (Wildman–Crippen LogP) is 4.12. The second-order valence-corrected chi connectivity index (χ2v) is 8.85. The van der Waals surface area contributed by atoms with Crippen molar-refractivity contribution in [2.45, 2.75) is 52.6 Å². The number of carbonyl (C=O) groups is 1. The van der Waals surface area contributed by atoms with E-state index in [9.17, 15) is 4.79 Å². The number of hydrogen-bond acceptors (Lipinski definition) is 4. The lowest BCUT2D eigenvalue weighted by atomic mass is 9.88. The third-order valence-corrected chi connectivity index (χ3v) is 6.28. The van der Waals surface area contributed by atoms with Crippen LogP contribution in [0.1, 0.15) is 45.6 Å². The number of ether oxygens (including phenoxy) is 2. The van der Waals surface area contributed by atoms with Crippen LogP contribution < -0.4 is 9.47 Å². The molecule has 5 heteroatoms. The van der Waals surface area contributed by atoms with E-state index in [0.717, 1.165) is 37.4 Å². The van der Waals surface area contributed by atoms with Crippen LogP contribution in [-0.2, 0) is 11.3 Å². The Balaban J connectivity index is 1.62. The van der Waals surface area contributed by atoms with Crippen molar-refractivity contribution in [3.63, 3.8) is 0 Å². The van der Waals surface area contributed by atoms with E-state index in [1.807, 2.05) is 24.9 Å². The van der Waals surface area contributed by atoms with E-state index in [2.05, 4.69) is 44.0 Å². The van der Waals surface area contributed by atoms with E-state index in [4.69, 9.17) is 9.47 Å². The van der Waals surface area contributed by atoms with Gasteiger partial charge in [-0.25, -0.2) is 0 Å². The Morgan fingerprint density at radius 3 is 2.69 bits per heavy atom. The number of carbonyl (C=O) groups excluding carboxylic acids is 1. The van der Waals surface area contributed by atoms with Gasteiger partial charge in [0.1, 0.15) is 6.61 Å². The van der Waals surface area contributed by atoms with Gasteiger partial charge in [-0.3, -0.25) is 9.69 Å². The van der Waals surface area contributed by atoms with Crippen LogP contribution in [0.5, 0.6) is 11.5 Å². The zero-order valence-electron chi connectivity index (χ0n) is 18.6. The lowest BCUT2D eigenvalue weighted by Gasteiger charge is -2.31. The van der Waals surface area contributed by atoms with Crippen molar-refractivity contribution in [3.05, 3.63) is 35.4 Å². The van der Waals surface area contributed by atoms with Crippen LogP contribution in [-0.4, -0.2) is 55.6 Å². The number of allylic oxidation sites excluding steroid dienone is 1. The summed E-state index contributed by atoms with van der Waals surface area (Å²) in [7, 11) is 4.14. The highest BCUT2D eigenvalue weighted by Crippen LogP contribution is 2.40. The maximum Gasteiger partial charge on any atom is 0.222 e. The van der Waals surface area contributed by atoms with Gasteiger partial charge < -0.3 is 14.4 Å². The van der Waals surface area contributed by atoms with Crippen LogP contribution in [0.2, 0.25) is 0 Å². The van der Waals surface area contributed by atoms with Gasteiger partial charge in [-0.05, 0) is 76.3 Å². The van der Waals surface area contributed by atoms with Crippen molar-refractivity contribution < 1.29 is 14.3 Å². The highest BCUT2D eigenvalue weighted by molar-refractivity contribution is 5.77. The van der Waals surface area contributed by atoms with Gasteiger partial charge in [0.15, 0.2) is 11.5 Å². The molecule has 0 radical (unpaired) electrons.